The first-order valence-corrected chi connectivity index (χ1v) is 5.83. The Morgan fingerprint density at radius 3 is 2.81 bits per heavy atom. The molecule has 1 aromatic carbocycles. The fourth-order valence-electron chi connectivity index (χ4n) is 2.41. The summed E-state index contributed by atoms with van der Waals surface area (Å²) in [7, 11) is 1.94. The highest BCUT2D eigenvalue weighted by Crippen LogP contribution is 2.45. The summed E-state index contributed by atoms with van der Waals surface area (Å²) >= 11 is 6.02. The fraction of sp³-hybridized carbons (Fsp3) is 0.308. The lowest BCUT2D eigenvalue weighted by Gasteiger charge is -1.97. The second-order valence-electron chi connectivity index (χ2n) is 4.41. The van der Waals surface area contributed by atoms with Crippen molar-refractivity contribution in [3.63, 3.8) is 0 Å². The van der Waals surface area contributed by atoms with Gasteiger partial charge in [-0.05, 0) is 42.5 Å². The third kappa shape index (κ3) is 1.30. The molecule has 1 aliphatic rings. The number of aromatic nitrogens is 1. The molecule has 0 unspecified atom stereocenters. The topological polar surface area (TPSA) is 22.0 Å². The van der Waals surface area contributed by atoms with Crippen molar-refractivity contribution in [3.05, 3.63) is 34.5 Å². The third-order valence-corrected chi connectivity index (χ3v) is 3.58. The summed E-state index contributed by atoms with van der Waals surface area (Å²) in [5.74, 6) is 0.558. The van der Waals surface area contributed by atoms with E-state index in [-0.39, 0.29) is 0 Å². The predicted molar refractivity (Wildman–Crippen MR) is 65.3 cm³/mol. The predicted octanol–water partition coefficient (Wildman–Crippen LogP) is 3.52. The van der Waals surface area contributed by atoms with Crippen LogP contribution in [0.3, 0.4) is 0 Å². The molecule has 0 N–H and O–H groups in total. The quantitative estimate of drug-likeness (QED) is 0.728. The Labute approximate surface area is 98.8 Å². The molecule has 0 radical (unpaired) electrons. The zero-order chi connectivity index (χ0) is 11.3. The number of rotatable bonds is 2. The molecule has 0 amide bonds. The third-order valence-electron chi connectivity index (χ3n) is 3.34. The molecule has 2 nitrogen and oxygen atoms in total. The molecular weight excluding hydrogens is 222 g/mol. The van der Waals surface area contributed by atoms with Gasteiger partial charge in [0.05, 0.1) is 5.69 Å². The van der Waals surface area contributed by atoms with Gasteiger partial charge in [-0.25, -0.2) is 0 Å². The van der Waals surface area contributed by atoms with E-state index in [0.717, 1.165) is 27.9 Å². The van der Waals surface area contributed by atoms with E-state index in [1.165, 1.54) is 18.4 Å². The molecule has 0 aliphatic heterocycles. The molecule has 1 fully saturated rings. The number of carbonyl (C=O) groups excluding carboxylic acids is 1. The summed E-state index contributed by atoms with van der Waals surface area (Å²) in [6.45, 7) is 0. The van der Waals surface area contributed by atoms with Crippen LogP contribution in [-0.2, 0) is 7.05 Å². The number of aldehydes is 1. The zero-order valence-electron chi connectivity index (χ0n) is 9.03. The zero-order valence-corrected chi connectivity index (χ0v) is 9.79. The Morgan fingerprint density at radius 1 is 1.44 bits per heavy atom. The molecule has 1 heterocycles. The highest BCUT2D eigenvalue weighted by Gasteiger charge is 2.30. The van der Waals surface area contributed by atoms with Gasteiger partial charge < -0.3 is 4.57 Å². The molecule has 3 heteroatoms. The van der Waals surface area contributed by atoms with Crippen LogP contribution in [0.1, 0.15) is 34.8 Å². The monoisotopic (exact) mass is 233 g/mol. The van der Waals surface area contributed by atoms with Crippen molar-refractivity contribution >= 4 is 28.8 Å². The van der Waals surface area contributed by atoms with Crippen LogP contribution in [0.15, 0.2) is 18.2 Å². The SMILES string of the molecule is Cn1c(C=O)c(C2CC2)c2cc(Cl)ccc21. The summed E-state index contributed by atoms with van der Waals surface area (Å²) in [5, 5.41) is 1.87. The number of benzene rings is 1. The lowest BCUT2D eigenvalue weighted by atomic mass is 10.1. The highest BCUT2D eigenvalue weighted by atomic mass is 35.5. The van der Waals surface area contributed by atoms with Crippen molar-refractivity contribution in [1.29, 1.82) is 0 Å². The van der Waals surface area contributed by atoms with E-state index in [4.69, 9.17) is 11.6 Å². The molecule has 0 bridgehead atoms. The smallest absolute Gasteiger partial charge is 0.166 e. The Hall–Kier alpha value is -1.28. The van der Waals surface area contributed by atoms with Crippen molar-refractivity contribution in [2.45, 2.75) is 18.8 Å². The molecule has 1 saturated carbocycles. The number of fused-ring (bicyclic) bond motifs is 1. The van der Waals surface area contributed by atoms with Crippen LogP contribution in [-0.4, -0.2) is 10.9 Å². The number of carbonyl (C=O) groups is 1. The van der Waals surface area contributed by atoms with E-state index in [2.05, 4.69) is 0 Å². The summed E-state index contributed by atoms with van der Waals surface area (Å²) in [4.78, 5) is 11.2. The largest absolute Gasteiger partial charge is 0.341 e. The van der Waals surface area contributed by atoms with Gasteiger partial charge in [-0.2, -0.15) is 0 Å². The minimum atomic E-state index is 0.558. The minimum Gasteiger partial charge on any atom is -0.341 e. The van der Waals surface area contributed by atoms with Crippen LogP contribution in [0.5, 0.6) is 0 Å². The van der Waals surface area contributed by atoms with Gasteiger partial charge in [0.25, 0.3) is 0 Å². The Kier molecular flexibility index (Phi) is 2.08. The first-order valence-electron chi connectivity index (χ1n) is 5.45. The molecule has 1 aromatic heterocycles. The van der Waals surface area contributed by atoms with Gasteiger partial charge in [0.2, 0.25) is 0 Å². The van der Waals surface area contributed by atoms with E-state index in [9.17, 15) is 4.79 Å². The Morgan fingerprint density at radius 2 is 2.19 bits per heavy atom. The number of aryl methyl sites for hydroxylation is 1. The number of nitrogens with zero attached hydrogens (tertiary/aromatic N) is 1. The number of halogens is 1. The van der Waals surface area contributed by atoms with E-state index in [1.54, 1.807) is 0 Å². The Balaban J connectivity index is 2.41. The van der Waals surface area contributed by atoms with Gasteiger partial charge in [0.1, 0.15) is 0 Å². The van der Waals surface area contributed by atoms with E-state index >= 15 is 0 Å². The van der Waals surface area contributed by atoms with Gasteiger partial charge in [0, 0.05) is 23.0 Å². The summed E-state index contributed by atoms with van der Waals surface area (Å²) < 4.78 is 1.96. The molecule has 3 rings (SSSR count). The van der Waals surface area contributed by atoms with Crippen LogP contribution in [0.2, 0.25) is 5.02 Å². The van der Waals surface area contributed by atoms with Crippen molar-refractivity contribution < 1.29 is 4.79 Å². The average Bonchev–Trinajstić information content (AvgIpc) is 3.05. The first-order chi connectivity index (χ1) is 7.72. The lowest BCUT2D eigenvalue weighted by molar-refractivity contribution is 0.111. The van der Waals surface area contributed by atoms with Gasteiger partial charge in [-0.15, -0.1) is 0 Å². The summed E-state index contributed by atoms with van der Waals surface area (Å²) in [5.41, 5.74) is 3.09. The standard InChI is InChI=1S/C13H12ClNO/c1-15-11-5-4-9(14)6-10(11)13(8-2-3-8)12(15)7-16/h4-8H,2-3H2,1H3. The number of hydrogen-bond acceptors (Lipinski definition) is 1. The molecule has 0 spiro atoms. The van der Waals surface area contributed by atoms with Crippen molar-refractivity contribution in [1.82, 2.24) is 4.57 Å². The summed E-state index contributed by atoms with van der Waals surface area (Å²) in [6, 6.07) is 5.82. The second kappa shape index (κ2) is 3.36. The maximum atomic E-state index is 11.2. The molecule has 1 aliphatic carbocycles. The molecule has 16 heavy (non-hydrogen) atoms. The van der Waals surface area contributed by atoms with Crippen molar-refractivity contribution in [2.24, 2.45) is 7.05 Å². The average molecular weight is 234 g/mol. The number of hydrogen-bond donors (Lipinski definition) is 0. The Bertz CT molecular complexity index is 581. The molecule has 2 aromatic rings. The molecular formula is C13H12ClNO. The molecule has 0 atom stereocenters. The molecule has 0 saturated heterocycles. The maximum Gasteiger partial charge on any atom is 0.166 e. The van der Waals surface area contributed by atoms with E-state index < -0.39 is 0 Å². The molecule has 82 valence electrons. The minimum absolute atomic E-state index is 0.558. The van der Waals surface area contributed by atoms with Crippen LogP contribution >= 0.6 is 11.6 Å². The van der Waals surface area contributed by atoms with Crippen LogP contribution in [0.25, 0.3) is 10.9 Å². The normalized spacial score (nSPS) is 15.6. The van der Waals surface area contributed by atoms with Gasteiger partial charge >= 0.3 is 0 Å². The van der Waals surface area contributed by atoms with Crippen molar-refractivity contribution in [3.8, 4) is 0 Å². The van der Waals surface area contributed by atoms with Crippen LogP contribution in [0, 0.1) is 0 Å². The van der Waals surface area contributed by atoms with Crippen LogP contribution in [0.4, 0.5) is 0 Å². The summed E-state index contributed by atoms with van der Waals surface area (Å²) in [6.07, 6.45) is 3.33. The van der Waals surface area contributed by atoms with Gasteiger partial charge in [-0.1, -0.05) is 11.6 Å². The van der Waals surface area contributed by atoms with Crippen molar-refractivity contribution in [2.75, 3.05) is 0 Å². The highest BCUT2D eigenvalue weighted by molar-refractivity contribution is 6.31. The van der Waals surface area contributed by atoms with E-state index in [1.807, 2.05) is 29.8 Å². The van der Waals surface area contributed by atoms with Gasteiger partial charge in [-0.3, -0.25) is 4.79 Å². The van der Waals surface area contributed by atoms with E-state index in [0.29, 0.717) is 5.92 Å². The fourth-order valence-corrected chi connectivity index (χ4v) is 2.58. The first kappa shape index (κ1) is 9.91. The maximum absolute atomic E-state index is 11.2. The lowest BCUT2D eigenvalue weighted by Crippen LogP contribution is -1.96. The van der Waals surface area contributed by atoms with Crippen LogP contribution < -0.4 is 0 Å². The van der Waals surface area contributed by atoms with Gasteiger partial charge in [0.15, 0.2) is 6.29 Å². The second-order valence-corrected chi connectivity index (χ2v) is 4.85.